The Morgan fingerprint density at radius 1 is 1.31 bits per heavy atom. The number of nitrogens with zero attached hydrogens (tertiary/aromatic N) is 3. The molecule has 138 valence electrons. The van der Waals surface area contributed by atoms with Gasteiger partial charge in [0.05, 0.1) is 6.20 Å². The Morgan fingerprint density at radius 2 is 2.08 bits per heavy atom. The minimum Gasteiger partial charge on any atom is -0.482 e. The number of hydrogen-bond acceptors (Lipinski definition) is 4. The van der Waals surface area contributed by atoms with Gasteiger partial charge in [-0.2, -0.15) is 5.10 Å². The maximum atomic E-state index is 12.7. The third kappa shape index (κ3) is 4.22. The van der Waals surface area contributed by atoms with E-state index in [-0.39, 0.29) is 5.91 Å². The number of ether oxygens (including phenoxy) is 1. The van der Waals surface area contributed by atoms with Gasteiger partial charge in [-0.1, -0.05) is 6.07 Å². The molecule has 2 aromatic rings. The summed E-state index contributed by atoms with van der Waals surface area (Å²) in [6.07, 6.45) is 5.84. The summed E-state index contributed by atoms with van der Waals surface area (Å²) in [7, 11) is 0. The third-order valence-electron chi connectivity index (χ3n) is 4.67. The number of aromatic nitrogens is 2. The van der Waals surface area contributed by atoms with Crippen LogP contribution in [0.4, 0.5) is 0 Å². The number of piperidine rings is 1. The average molecular weight is 357 g/mol. The zero-order chi connectivity index (χ0) is 18.5. The van der Waals surface area contributed by atoms with Crippen molar-refractivity contribution in [2.75, 3.05) is 19.7 Å². The van der Waals surface area contributed by atoms with Crippen LogP contribution in [0.3, 0.4) is 0 Å². The quantitative estimate of drug-likeness (QED) is 0.858. The SMILES string of the molecule is CCn1cc(C2CCN(C(=O)c3cccc(OCC(=O)O)c3)CC2)cn1. The van der Waals surface area contributed by atoms with Crippen LogP contribution in [0.2, 0.25) is 0 Å². The van der Waals surface area contributed by atoms with Crippen LogP contribution < -0.4 is 4.74 Å². The van der Waals surface area contributed by atoms with Gasteiger partial charge in [-0.05, 0) is 49.4 Å². The van der Waals surface area contributed by atoms with Crippen molar-refractivity contribution in [3.63, 3.8) is 0 Å². The molecule has 7 nitrogen and oxygen atoms in total. The van der Waals surface area contributed by atoms with Crippen molar-refractivity contribution in [2.45, 2.75) is 32.2 Å². The molecular formula is C19H23N3O4. The molecule has 0 bridgehead atoms. The highest BCUT2D eigenvalue weighted by molar-refractivity contribution is 5.94. The number of aliphatic carboxylic acids is 1. The second-order valence-electron chi connectivity index (χ2n) is 6.41. The summed E-state index contributed by atoms with van der Waals surface area (Å²) in [5, 5.41) is 13.0. The van der Waals surface area contributed by atoms with Crippen molar-refractivity contribution in [1.82, 2.24) is 14.7 Å². The van der Waals surface area contributed by atoms with Gasteiger partial charge < -0.3 is 14.7 Å². The Kier molecular flexibility index (Phi) is 5.55. The first kappa shape index (κ1) is 18.0. The summed E-state index contributed by atoms with van der Waals surface area (Å²) in [6, 6.07) is 6.68. The van der Waals surface area contributed by atoms with Crippen molar-refractivity contribution in [3.05, 3.63) is 47.8 Å². The summed E-state index contributed by atoms with van der Waals surface area (Å²) in [6.45, 7) is 3.89. The molecule has 1 fully saturated rings. The summed E-state index contributed by atoms with van der Waals surface area (Å²) < 4.78 is 7.08. The number of carbonyl (C=O) groups is 2. The summed E-state index contributed by atoms with van der Waals surface area (Å²) in [5.74, 6) is -0.270. The van der Waals surface area contributed by atoms with E-state index in [0.717, 1.165) is 19.4 Å². The zero-order valence-corrected chi connectivity index (χ0v) is 14.8. The number of carboxylic acid groups (broad SMARTS) is 1. The fraction of sp³-hybridized carbons (Fsp3) is 0.421. The first-order chi connectivity index (χ1) is 12.6. The Labute approximate surface area is 152 Å². The molecule has 7 heteroatoms. The van der Waals surface area contributed by atoms with E-state index in [2.05, 4.69) is 18.2 Å². The van der Waals surface area contributed by atoms with Gasteiger partial charge in [-0.15, -0.1) is 0 Å². The molecule has 0 atom stereocenters. The molecule has 0 radical (unpaired) electrons. The van der Waals surface area contributed by atoms with Crippen LogP contribution in [0.15, 0.2) is 36.7 Å². The second kappa shape index (κ2) is 8.03. The predicted octanol–water partition coefficient (Wildman–Crippen LogP) is 2.39. The lowest BCUT2D eigenvalue weighted by atomic mass is 9.91. The van der Waals surface area contributed by atoms with Crippen LogP contribution in [0, 0.1) is 0 Å². The molecule has 1 N–H and O–H groups in total. The van der Waals surface area contributed by atoms with E-state index in [0.29, 0.717) is 30.3 Å². The van der Waals surface area contributed by atoms with Crippen molar-refractivity contribution in [3.8, 4) is 5.75 Å². The molecule has 1 aromatic carbocycles. The highest BCUT2D eigenvalue weighted by atomic mass is 16.5. The fourth-order valence-electron chi connectivity index (χ4n) is 3.23. The molecule has 3 rings (SSSR count). The van der Waals surface area contributed by atoms with Crippen LogP contribution in [0.5, 0.6) is 5.75 Å². The molecule has 1 saturated heterocycles. The smallest absolute Gasteiger partial charge is 0.341 e. The minimum atomic E-state index is -1.05. The monoisotopic (exact) mass is 357 g/mol. The number of carboxylic acids is 1. The molecule has 26 heavy (non-hydrogen) atoms. The number of benzene rings is 1. The Bertz CT molecular complexity index is 779. The van der Waals surface area contributed by atoms with Crippen molar-refractivity contribution in [1.29, 1.82) is 0 Å². The second-order valence-corrected chi connectivity index (χ2v) is 6.41. The average Bonchev–Trinajstić information content (AvgIpc) is 3.15. The zero-order valence-electron chi connectivity index (χ0n) is 14.8. The van der Waals surface area contributed by atoms with Gasteiger partial charge in [0.15, 0.2) is 6.61 Å². The number of likely N-dealkylation sites (tertiary alicyclic amines) is 1. The molecule has 1 amide bonds. The molecule has 1 aromatic heterocycles. The Balaban J connectivity index is 1.59. The summed E-state index contributed by atoms with van der Waals surface area (Å²) in [5.41, 5.74) is 1.76. The fourth-order valence-corrected chi connectivity index (χ4v) is 3.23. The van der Waals surface area contributed by atoms with Crippen LogP contribution >= 0.6 is 0 Å². The van der Waals surface area contributed by atoms with E-state index < -0.39 is 12.6 Å². The topological polar surface area (TPSA) is 84.7 Å². The van der Waals surface area contributed by atoms with E-state index >= 15 is 0 Å². The van der Waals surface area contributed by atoms with Gasteiger partial charge in [-0.25, -0.2) is 4.79 Å². The van der Waals surface area contributed by atoms with Gasteiger partial charge in [0.1, 0.15) is 5.75 Å². The van der Waals surface area contributed by atoms with Crippen LogP contribution in [-0.4, -0.2) is 51.4 Å². The molecule has 1 aliphatic heterocycles. The van der Waals surface area contributed by atoms with Crippen molar-refractivity contribution < 1.29 is 19.4 Å². The first-order valence-corrected chi connectivity index (χ1v) is 8.83. The lowest BCUT2D eigenvalue weighted by Crippen LogP contribution is -2.37. The number of hydrogen-bond donors (Lipinski definition) is 1. The summed E-state index contributed by atoms with van der Waals surface area (Å²) in [4.78, 5) is 25.2. The summed E-state index contributed by atoms with van der Waals surface area (Å²) >= 11 is 0. The molecular weight excluding hydrogens is 334 g/mol. The predicted molar refractivity (Wildman–Crippen MR) is 95.4 cm³/mol. The lowest BCUT2D eigenvalue weighted by Gasteiger charge is -2.31. The maximum absolute atomic E-state index is 12.7. The number of aryl methyl sites for hydroxylation is 1. The number of amides is 1. The third-order valence-corrected chi connectivity index (χ3v) is 4.67. The van der Waals surface area contributed by atoms with Gasteiger partial charge >= 0.3 is 5.97 Å². The molecule has 0 unspecified atom stereocenters. The molecule has 0 spiro atoms. The molecule has 2 heterocycles. The van der Waals surface area contributed by atoms with Gasteiger partial charge in [-0.3, -0.25) is 9.48 Å². The van der Waals surface area contributed by atoms with Crippen molar-refractivity contribution >= 4 is 11.9 Å². The standard InChI is InChI=1S/C19H23N3O4/c1-2-22-12-16(11-20-22)14-6-8-21(9-7-14)19(25)15-4-3-5-17(10-15)26-13-18(23)24/h3-5,10-12,14H,2,6-9,13H2,1H3,(H,23,24). The lowest BCUT2D eigenvalue weighted by molar-refractivity contribution is -0.139. The van der Waals surface area contributed by atoms with Crippen molar-refractivity contribution in [2.24, 2.45) is 0 Å². The highest BCUT2D eigenvalue weighted by Crippen LogP contribution is 2.28. The van der Waals surface area contributed by atoms with Crippen LogP contribution in [-0.2, 0) is 11.3 Å². The Hall–Kier alpha value is -2.83. The number of carbonyl (C=O) groups excluding carboxylic acids is 1. The van der Waals surface area contributed by atoms with Gasteiger partial charge in [0.25, 0.3) is 5.91 Å². The van der Waals surface area contributed by atoms with Gasteiger partial charge in [0, 0.05) is 31.4 Å². The van der Waals surface area contributed by atoms with E-state index in [9.17, 15) is 9.59 Å². The van der Waals surface area contributed by atoms with Crippen LogP contribution in [0.1, 0.15) is 41.6 Å². The van der Waals surface area contributed by atoms with Crippen LogP contribution in [0.25, 0.3) is 0 Å². The van der Waals surface area contributed by atoms with E-state index in [1.54, 1.807) is 24.3 Å². The van der Waals surface area contributed by atoms with E-state index in [1.807, 2.05) is 15.8 Å². The normalized spacial score (nSPS) is 15.0. The Morgan fingerprint density at radius 3 is 2.73 bits per heavy atom. The first-order valence-electron chi connectivity index (χ1n) is 8.83. The maximum Gasteiger partial charge on any atom is 0.341 e. The van der Waals surface area contributed by atoms with Gasteiger partial charge in [0.2, 0.25) is 0 Å². The molecule has 0 saturated carbocycles. The number of rotatable bonds is 6. The van der Waals surface area contributed by atoms with E-state index in [1.165, 1.54) is 5.56 Å². The molecule has 0 aliphatic carbocycles. The minimum absolute atomic E-state index is 0.0477. The largest absolute Gasteiger partial charge is 0.482 e. The van der Waals surface area contributed by atoms with E-state index in [4.69, 9.17) is 9.84 Å². The molecule has 1 aliphatic rings. The highest BCUT2D eigenvalue weighted by Gasteiger charge is 2.25.